The highest BCUT2D eigenvalue weighted by molar-refractivity contribution is 7.89. The van der Waals surface area contributed by atoms with E-state index >= 15 is 0 Å². The number of carbonyl (C=O) groups excluding carboxylic acids is 1. The summed E-state index contributed by atoms with van der Waals surface area (Å²) < 4.78 is 26.5. The molecule has 1 aromatic heterocycles. The lowest BCUT2D eigenvalue weighted by molar-refractivity contribution is -0.116. The molecule has 0 aliphatic heterocycles. The summed E-state index contributed by atoms with van der Waals surface area (Å²) in [6, 6.07) is 18.2. The van der Waals surface area contributed by atoms with Gasteiger partial charge in [0.15, 0.2) is 0 Å². The number of fused-ring (bicyclic) bond motifs is 1. The molecule has 0 saturated carbocycles. The summed E-state index contributed by atoms with van der Waals surface area (Å²) in [4.78, 5) is 17.0. The second-order valence-corrected chi connectivity index (χ2v) is 8.61. The molecule has 152 valence electrons. The summed E-state index contributed by atoms with van der Waals surface area (Å²) in [5, 5.41) is 3.84. The van der Waals surface area contributed by atoms with E-state index < -0.39 is 10.0 Å². The maximum atomic E-state index is 12.5. The van der Waals surface area contributed by atoms with Gasteiger partial charge in [0.1, 0.15) is 5.82 Å². The van der Waals surface area contributed by atoms with Gasteiger partial charge in [-0.25, -0.2) is 13.4 Å². The molecule has 0 atom stereocenters. The first-order chi connectivity index (χ1) is 13.9. The molecule has 2 aromatic carbocycles. The topological polar surface area (TPSA) is 79.4 Å². The third-order valence-corrected chi connectivity index (χ3v) is 6.84. The molecule has 0 radical (unpaired) electrons. The molecule has 0 fully saturated rings. The normalized spacial score (nSPS) is 11.7. The zero-order valence-electron chi connectivity index (χ0n) is 16.6. The van der Waals surface area contributed by atoms with Crippen molar-refractivity contribution in [1.82, 2.24) is 9.29 Å². The molecule has 3 rings (SSSR count). The maximum absolute atomic E-state index is 12.5. The van der Waals surface area contributed by atoms with Gasteiger partial charge >= 0.3 is 0 Å². The second-order valence-electron chi connectivity index (χ2n) is 6.67. The Balaban J connectivity index is 1.60. The van der Waals surface area contributed by atoms with Gasteiger partial charge in [-0.15, -0.1) is 0 Å². The highest BCUT2D eigenvalue weighted by Crippen LogP contribution is 2.18. The van der Waals surface area contributed by atoms with E-state index in [2.05, 4.69) is 10.3 Å². The fraction of sp³-hybridized carbons (Fsp3) is 0.273. The Bertz CT molecular complexity index is 1090. The number of amides is 1. The molecule has 29 heavy (non-hydrogen) atoms. The molecule has 0 unspecified atom stereocenters. The van der Waals surface area contributed by atoms with Crippen LogP contribution < -0.4 is 5.32 Å². The number of rotatable bonds is 8. The van der Waals surface area contributed by atoms with Crippen LogP contribution in [0.2, 0.25) is 0 Å². The highest BCUT2D eigenvalue weighted by Gasteiger charge is 2.21. The average molecular weight is 412 g/mol. The lowest BCUT2D eigenvalue weighted by Crippen LogP contribution is -2.30. The Morgan fingerprint density at radius 1 is 0.966 bits per heavy atom. The zero-order chi connectivity index (χ0) is 20.9. The van der Waals surface area contributed by atoms with Gasteiger partial charge in [-0.3, -0.25) is 4.79 Å². The van der Waals surface area contributed by atoms with Gasteiger partial charge in [0.25, 0.3) is 0 Å². The quantitative estimate of drug-likeness (QED) is 0.611. The maximum Gasteiger partial charge on any atom is 0.243 e. The molecular formula is C22H25N3O3S. The van der Waals surface area contributed by atoms with Crippen molar-refractivity contribution in [3.63, 3.8) is 0 Å². The summed E-state index contributed by atoms with van der Waals surface area (Å²) in [5.74, 6) is 0.391. The summed E-state index contributed by atoms with van der Waals surface area (Å²) in [6.45, 7) is 4.50. The number of nitrogens with one attached hydrogen (secondary N) is 1. The van der Waals surface area contributed by atoms with E-state index in [4.69, 9.17) is 0 Å². The average Bonchev–Trinajstić information content (AvgIpc) is 2.73. The number of pyridine rings is 1. The van der Waals surface area contributed by atoms with Crippen molar-refractivity contribution in [2.45, 2.75) is 31.6 Å². The molecule has 1 heterocycles. The smallest absolute Gasteiger partial charge is 0.243 e. The van der Waals surface area contributed by atoms with Crippen LogP contribution in [-0.2, 0) is 21.2 Å². The largest absolute Gasteiger partial charge is 0.311 e. The van der Waals surface area contributed by atoms with Crippen LogP contribution in [0.4, 0.5) is 5.82 Å². The molecule has 0 bridgehead atoms. The summed E-state index contributed by atoms with van der Waals surface area (Å²) >= 11 is 0. The van der Waals surface area contributed by atoms with Crippen LogP contribution in [0.5, 0.6) is 0 Å². The summed E-state index contributed by atoms with van der Waals surface area (Å²) in [6.07, 6.45) is 0.807. The predicted molar refractivity (Wildman–Crippen MR) is 115 cm³/mol. The second kappa shape index (κ2) is 9.15. The van der Waals surface area contributed by atoms with Crippen LogP contribution in [-0.4, -0.2) is 36.7 Å². The minimum atomic E-state index is -3.46. The van der Waals surface area contributed by atoms with Gasteiger partial charge in [-0.1, -0.05) is 44.2 Å². The number of sulfonamides is 1. The first-order valence-corrected chi connectivity index (χ1v) is 11.1. The van der Waals surface area contributed by atoms with E-state index in [1.54, 1.807) is 30.3 Å². The van der Waals surface area contributed by atoms with Crippen molar-refractivity contribution in [2.75, 3.05) is 18.4 Å². The number of nitrogens with zero attached hydrogens (tertiary/aromatic N) is 2. The number of aromatic nitrogens is 1. The SMILES string of the molecule is CCN(CC)S(=O)(=O)c1ccc(CCC(=O)Nc2ccc3ccccc3n2)cc1. The zero-order valence-corrected chi connectivity index (χ0v) is 17.4. The number of hydrogen-bond donors (Lipinski definition) is 1. The van der Waals surface area contributed by atoms with Gasteiger partial charge < -0.3 is 5.32 Å². The van der Waals surface area contributed by atoms with Gasteiger partial charge in [0.2, 0.25) is 15.9 Å². The number of carbonyl (C=O) groups is 1. The summed E-state index contributed by atoms with van der Waals surface area (Å²) in [7, 11) is -3.46. The standard InChI is InChI=1S/C22H25N3O3S/c1-3-25(4-2)29(27,28)19-13-9-17(10-14-19)11-16-22(26)24-21-15-12-18-7-5-6-8-20(18)23-21/h5-10,12-15H,3-4,11,16H2,1-2H3,(H,23,24,26). The molecule has 0 aliphatic carbocycles. The van der Waals surface area contributed by atoms with Gasteiger partial charge in [-0.2, -0.15) is 4.31 Å². The Labute approximate surface area is 171 Å². The van der Waals surface area contributed by atoms with Crippen molar-refractivity contribution >= 4 is 32.7 Å². The fourth-order valence-electron chi connectivity index (χ4n) is 3.14. The van der Waals surface area contributed by atoms with E-state index in [9.17, 15) is 13.2 Å². The van der Waals surface area contributed by atoms with Crippen LogP contribution in [0.1, 0.15) is 25.8 Å². The Morgan fingerprint density at radius 3 is 2.34 bits per heavy atom. The number of benzene rings is 2. The Hall–Kier alpha value is -2.77. The van der Waals surface area contributed by atoms with Crippen LogP contribution >= 0.6 is 0 Å². The number of para-hydroxylation sites is 1. The van der Waals surface area contributed by atoms with E-state index in [-0.39, 0.29) is 17.2 Å². The highest BCUT2D eigenvalue weighted by atomic mass is 32.2. The van der Waals surface area contributed by atoms with E-state index in [0.29, 0.717) is 25.3 Å². The van der Waals surface area contributed by atoms with Gasteiger partial charge in [0.05, 0.1) is 10.4 Å². The van der Waals surface area contributed by atoms with E-state index in [1.807, 2.05) is 44.2 Å². The van der Waals surface area contributed by atoms with Crippen molar-refractivity contribution in [1.29, 1.82) is 0 Å². The molecule has 6 nitrogen and oxygen atoms in total. The first kappa shape index (κ1) is 21.0. The molecule has 1 N–H and O–H groups in total. The van der Waals surface area contributed by atoms with Crippen LogP contribution in [0.3, 0.4) is 0 Å². The minimum Gasteiger partial charge on any atom is -0.311 e. The molecule has 0 aliphatic rings. The van der Waals surface area contributed by atoms with E-state index in [1.165, 1.54) is 4.31 Å². The lowest BCUT2D eigenvalue weighted by atomic mass is 10.1. The number of anilines is 1. The van der Waals surface area contributed by atoms with Crippen LogP contribution in [0, 0.1) is 0 Å². The molecule has 7 heteroatoms. The molecule has 1 amide bonds. The molecule has 3 aromatic rings. The summed E-state index contributed by atoms with van der Waals surface area (Å²) in [5.41, 5.74) is 1.74. The van der Waals surface area contributed by atoms with Gasteiger partial charge in [0, 0.05) is 24.9 Å². The van der Waals surface area contributed by atoms with E-state index in [0.717, 1.165) is 16.5 Å². The Kier molecular flexibility index (Phi) is 6.61. The minimum absolute atomic E-state index is 0.132. The van der Waals surface area contributed by atoms with Crippen molar-refractivity contribution in [3.05, 3.63) is 66.2 Å². The van der Waals surface area contributed by atoms with Crippen molar-refractivity contribution in [2.24, 2.45) is 0 Å². The van der Waals surface area contributed by atoms with Crippen LogP contribution in [0.15, 0.2) is 65.6 Å². The number of hydrogen-bond acceptors (Lipinski definition) is 4. The molecule has 0 saturated heterocycles. The third-order valence-electron chi connectivity index (χ3n) is 4.77. The lowest BCUT2D eigenvalue weighted by Gasteiger charge is -2.18. The van der Waals surface area contributed by atoms with Crippen molar-refractivity contribution in [3.8, 4) is 0 Å². The van der Waals surface area contributed by atoms with Crippen LogP contribution in [0.25, 0.3) is 10.9 Å². The monoisotopic (exact) mass is 411 g/mol. The fourth-order valence-corrected chi connectivity index (χ4v) is 4.60. The molecular weight excluding hydrogens is 386 g/mol. The van der Waals surface area contributed by atoms with Crippen molar-refractivity contribution < 1.29 is 13.2 Å². The predicted octanol–water partition coefficient (Wildman–Crippen LogP) is 3.84. The molecule has 0 spiro atoms. The van der Waals surface area contributed by atoms with Gasteiger partial charge in [-0.05, 0) is 42.3 Å². The Morgan fingerprint density at radius 2 is 1.66 bits per heavy atom. The number of aryl methyl sites for hydroxylation is 1. The third kappa shape index (κ3) is 4.99. The first-order valence-electron chi connectivity index (χ1n) is 9.68.